The lowest BCUT2D eigenvalue weighted by Crippen LogP contribution is -2.35. The predicted molar refractivity (Wildman–Crippen MR) is 70.3 cm³/mol. The predicted octanol–water partition coefficient (Wildman–Crippen LogP) is 2.41. The number of hydrogen-bond donors (Lipinski definition) is 1. The molecule has 0 radical (unpaired) electrons. The second-order valence-corrected chi connectivity index (χ2v) is 6.12. The number of ether oxygens (including phenoxy) is 2. The molecule has 1 saturated heterocycles. The van der Waals surface area contributed by atoms with E-state index in [1.54, 1.807) is 0 Å². The highest BCUT2D eigenvalue weighted by molar-refractivity contribution is 7.11. The van der Waals surface area contributed by atoms with Gasteiger partial charge in [-0.2, -0.15) is 0 Å². The van der Waals surface area contributed by atoms with Crippen LogP contribution in [0.5, 0.6) is 0 Å². The van der Waals surface area contributed by atoms with Crippen LogP contribution in [0.15, 0.2) is 12.1 Å². The van der Waals surface area contributed by atoms with Crippen molar-refractivity contribution in [1.82, 2.24) is 5.32 Å². The van der Waals surface area contributed by atoms with Gasteiger partial charge in [-0.15, -0.1) is 11.3 Å². The van der Waals surface area contributed by atoms with Crippen LogP contribution < -0.4 is 5.32 Å². The Balaban J connectivity index is 1.67. The van der Waals surface area contributed by atoms with E-state index in [0.29, 0.717) is 12.0 Å². The minimum Gasteiger partial charge on any atom is -0.376 e. The molecule has 2 heterocycles. The van der Waals surface area contributed by atoms with E-state index < -0.39 is 0 Å². The normalized spacial score (nSPS) is 16.4. The van der Waals surface area contributed by atoms with E-state index in [9.17, 15) is 0 Å². The summed E-state index contributed by atoms with van der Waals surface area (Å²) in [7, 11) is 0. The van der Waals surface area contributed by atoms with Crippen LogP contribution in [-0.4, -0.2) is 25.9 Å². The van der Waals surface area contributed by atoms with Crippen molar-refractivity contribution in [2.24, 2.45) is 5.92 Å². The maximum Gasteiger partial charge on any atom is 0.105 e. The van der Waals surface area contributed by atoms with Crippen molar-refractivity contribution in [3.63, 3.8) is 0 Å². The Hall–Kier alpha value is -0.420. The average Bonchev–Trinajstić information content (AvgIpc) is 2.63. The fourth-order valence-electron chi connectivity index (χ4n) is 1.59. The average molecular weight is 255 g/mol. The third-order valence-corrected chi connectivity index (χ3v) is 3.70. The Bertz CT molecular complexity index is 334. The summed E-state index contributed by atoms with van der Waals surface area (Å²) in [4.78, 5) is 2.69. The molecule has 0 atom stereocenters. The Kier molecular flexibility index (Phi) is 4.98. The molecule has 0 bridgehead atoms. The Morgan fingerprint density at radius 1 is 1.41 bits per heavy atom. The van der Waals surface area contributed by atoms with Crippen LogP contribution in [0.25, 0.3) is 0 Å². The summed E-state index contributed by atoms with van der Waals surface area (Å²) in [5.41, 5.74) is 0. The molecular weight excluding hydrogens is 234 g/mol. The Morgan fingerprint density at radius 3 is 2.82 bits per heavy atom. The van der Waals surface area contributed by atoms with Crippen molar-refractivity contribution >= 4 is 11.3 Å². The summed E-state index contributed by atoms with van der Waals surface area (Å²) in [6.45, 7) is 8.73. The molecule has 4 heteroatoms. The smallest absolute Gasteiger partial charge is 0.105 e. The van der Waals surface area contributed by atoms with Gasteiger partial charge in [0.1, 0.15) is 6.10 Å². The third kappa shape index (κ3) is 4.39. The minimum atomic E-state index is 0.319. The molecule has 3 nitrogen and oxygen atoms in total. The zero-order valence-corrected chi connectivity index (χ0v) is 11.4. The lowest BCUT2D eigenvalue weighted by atomic mass is 10.2. The molecule has 1 aliphatic rings. The molecule has 17 heavy (non-hydrogen) atoms. The van der Waals surface area contributed by atoms with Gasteiger partial charge >= 0.3 is 0 Å². The maximum atomic E-state index is 5.69. The summed E-state index contributed by atoms with van der Waals surface area (Å²) in [5.74, 6) is 0.705. The molecule has 0 aliphatic carbocycles. The molecule has 1 N–H and O–H groups in total. The molecule has 96 valence electrons. The van der Waals surface area contributed by atoms with Gasteiger partial charge in [0, 0.05) is 16.3 Å². The van der Waals surface area contributed by atoms with Gasteiger partial charge in [0.2, 0.25) is 0 Å². The van der Waals surface area contributed by atoms with Crippen LogP contribution in [0.4, 0.5) is 0 Å². The van der Waals surface area contributed by atoms with Crippen LogP contribution in [-0.2, 0) is 22.6 Å². The van der Waals surface area contributed by atoms with Crippen molar-refractivity contribution < 1.29 is 9.47 Å². The monoisotopic (exact) mass is 255 g/mol. The first kappa shape index (κ1) is 13.0. The van der Waals surface area contributed by atoms with Gasteiger partial charge in [-0.05, 0) is 24.6 Å². The van der Waals surface area contributed by atoms with Gasteiger partial charge in [-0.25, -0.2) is 0 Å². The zero-order valence-electron chi connectivity index (χ0n) is 10.6. The largest absolute Gasteiger partial charge is 0.376 e. The maximum absolute atomic E-state index is 5.69. The number of nitrogens with one attached hydrogen (secondary N) is 1. The van der Waals surface area contributed by atoms with Gasteiger partial charge in [0.15, 0.2) is 0 Å². The van der Waals surface area contributed by atoms with E-state index in [1.807, 2.05) is 11.3 Å². The standard InChI is InChI=1S/C13H21NO2S/c1-10(2)5-14-6-12-3-4-13(17-12)9-16-11-7-15-8-11/h3-4,10-11,14H,5-9H2,1-2H3. The van der Waals surface area contributed by atoms with Crippen LogP contribution >= 0.6 is 11.3 Å². The molecular formula is C13H21NO2S. The summed E-state index contributed by atoms with van der Waals surface area (Å²) >= 11 is 1.83. The molecule has 0 unspecified atom stereocenters. The van der Waals surface area contributed by atoms with Gasteiger partial charge in [-0.3, -0.25) is 0 Å². The van der Waals surface area contributed by atoms with Crippen LogP contribution in [0, 0.1) is 5.92 Å². The molecule has 2 rings (SSSR count). The fraction of sp³-hybridized carbons (Fsp3) is 0.692. The lowest BCUT2D eigenvalue weighted by Gasteiger charge is -2.25. The van der Waals surface area contributed by atoms with Crippen LogP contribution in [0.1, 0.15) is 23.6 Å². The SMILES string of the molecule is CC(C)CNCc1ccc(COC2COC2)s1. The lowest BCUT2D eigenvalue weighted by molar-refractivity contribution is -0.134. The van der Waals surface area contributed by atoms with Gasteiger partial charge in [-0.1, -0.05) is 13.8 Å². The third-order valence-electron chi connectivity index (χ3n) is 2.64. The van der Waals surface area contributed by atoms with E-state index in [4.69, 9.17) is 9.47 Å². The van der Waals surface area contributed by atoms with Crippen molar-refractivity contribution in [2.75, 3.05) is 19.8 Å². The molecule has 1 aromatic heterocycles. The van der Waals surface area contributed by atoms with Gasteiger partial charge < -0.3 is 14.8 Å². The second kappa shape index (κ2) is 6.50. The van der Waals surface area contributed by atoms with Crippen LogP contribution in [0.3, 0.4) is 0 Å². The summed E-state index contributed by atoms with van der Waals surface area (Å²) in [6, 6.07) is 4.35. The first-order valence-electron chi connectivity index (χ1n) is 6.21. The highest BCUT2D eigenvalue weighted by atomic mass is 32.1. The molecule has 1 fully saturated rings. The molecule has 0 aromatic carbocycles. The summed E-state index contributed by atoms with van der Waals surface area (Å²) in [5, 5.41) is 3.45. The summed E-state index contributed by atoms with van der Waals surface area (Å²) in [6.07, 6.45) is 0.319. The highest BCUT2D eigenvalue weighted by Crippen LogP contribution is 2.19. The molecule has 0 saturated carbocycles. The molecule has 1 aliphatic heterocycles. The number of thiophene rings is 1. The summed E-state index contributed by atoms with van der Waals surface area (Å²) < 4.78 is 10.8. The minimum absolute atomic E-state index is 0.319. The van der Waals surface area contributed by atoms with Crippen molar-refractivity contribution in [3.8, 4) is 0 Å². The fourth-order valence-corrected chi connectivity index (χ4v) is 2.50. The quantitative estimate of drug-likeness (QED) is 0.811. The molecule has 0 amide bonds. The highest BCUT2D eigenvalue weighted by Gasteiger charge is 2.18. The van der Waals surface area contributed by atoms with Crippen LogP contribution in [0.2, 0.25) is 0 Å². The van der Waals surface area contributed by atoms with Gasteiger partial charge in [0.05, 0.1) is 19.8 Å². The molecule has 1 aromatic rings. The molecule has 0 spiro atoms. The number of hydrogen-bond acceptors (Lipinski definition) is 4. The Morgan fingerprint density at radius 2 is 2.18 bits per heavy atom. The van der Waals surface area contributed by atoms with Crippen molar-refractivity contribution in [3.05, 3.63) is 21.9 Å². The van der Waals surface area contributed by atoms with E-state index in [2.05, 4.69) is 31.3 Å². The van der Waals surface area contributed by atoms with Crippen molar-refractivity contribution in [2.45, 2.75) is 33.1 Å². The number of rotatable bonds is 7. The van der Waals surface area contributed by atoms with E-state index in [0.717, 1.165) is 32.9 Å². The van der Waals surface area contributed by atoms with Gasteiger partial charge in [0.25, 0.3) is 0 Å². The Labute approximate surface area is 107 Å². The van der Waals surface area contributed by atoms with E-state index in [1.165, 1.54) is 9.75 Å². The second-order valence-electron chi connectivity index (χ2n) is 4.86. The first-order valence-corrected chi connectivity index (χ1v) is 7.03. The van der Waals surface area contributed by atoms with Crippen molar-refractivity contribution in [1.29, 1.82) is 0 Å². The topological polar surface area (TPSA) is 30.5 Å². The first-order chi connectivity index (χ1) is 8.24. The van der Waals surface area contributed by atoms with E-state index >= 15 is 0 Å². The zero-order chi connectivity index (χ0) is 12.1. The van der Waals surface area contributed by atoms with E-state index in [-0.39, 0.29) is 0 Å².